The Labute approximate surface area is 121 Å². The van der Waals surface area contributed by atoms with Crippen LogP contribution in [0.3, 0.4) is 0 Å². The van der Waals surface area contributed by atoms with Gasteiger partial charge in [-0.3, -0.25) is 4.98 Å². The van der Waals surface area contributed by atoms with E-state index in [4.69, 9.17) is 11.6 Å². The highest BCUT2D eigenvalue weighted by Crippen LogP contribution is 2.20. The number of pyridine rings is 1. The maximum Gasteiger partial charge on any atom is 0.180 e. The molecule has 0 aliphatic heterocycles. The zero-order chi connectivity index (χ0) is 13.8. The van der Waals surface area contributed by atoms with E-state index in [0.29, 0.717) is 12.2 Å². The summed E-state index contributed by atoms with van der Waals surface area (Å²) < 4.78 is 0. The lowest BCUT2D eigenvalue weighted by Gasteiger charge is -2.11. The van der Waals surface area contributed by atoms with E-state index in [9.17, 15) is 0 Å². The van der Waals surface area contributed by atoms with E-state index in [1.807, 2.05) is 42.5 Å². The number of alkyl halides is 1. The van der Waals surface area contributed by atoms with Crippen molar-refractivity contribution >= 4 is 28.6 Å². The number of anilines is 1. The first-order valence-electron chi connectivity index (χ1n) is 6.33. The Kier molecular flexibility index (Phi) is 3.74. The molecule has 1 N–H and O–H groups in total. The van der Waals surface area contributed by atoms with Crippen molar-refractivity contribution in [1.82, 2.24) is 15.0 Å². The van der Waals surface area contributed by atoms with Crippen LogP contribution in [0.15, 0.2) is 54.9 Å². The Morgan fingerprint density at radius 3 is 2.65 bits per heavy atom. The molecule has 4 nitrogen and oxygen atoms in total. The topological polar surface area (TPSA) is 50.7 Å². The van der Waals surface area contributed by atoms with Crippen molar-refractivity contribution in [3.63, 3.8) is 0 Å². The third-order valence-electron chi connectivity index (χ3n) is 2.96. The predicted octanol–water partition coefficient (Wildman–Crippen LogP) is 3.42. The predicted molar refractivity (Wildman–Crippen MR) is 80.9 cm³/mol. The first-order chi connectivity index (χ1) is 9.83. The fourth-order valence-electron chi connectivity index (χ4n) is 1.93. The lowest BCUT2D eigenvalue weighted by molar-refractivity contribution is 0.968. The van der Waals surface area contributed by atoms with Gasteiger partial charge in [0.2, 0.25) is 0 Å². The third-order valence-corrected chi connectivity index (χ3v) is 3.36. The molecule has 0 bridgehead atoms. The summed E-state index contributed by atoms with van der Waals surface area (Å²) in [5.41, 5.74) is 2.49. The summed E-state index contributed by atoms with van der Waals surface area (Å²) in [6.07, 6.45) is 3.29. The fourth-order valence-corrected chi connectivity index (χ4v) is 2.15. The molecular formula is C15H13ClN4. The summed E-state index contributed by atoms with van der Waals surface area (Å²) in [6.45, 7) is 0.602. The molecule has 0 amide bonds. The third kappa shape index (κ3) is 2.86. The number of benzene rings is 1. The van der Waals surface area contributed by atoms with E-state index in [1.54, 1.807) is 12.4 Å². The minimum atomic E-state index is -0.101. The fraction of sp³-hybridized carbons (Fsp3) is 0.133. The van der Waals surface area contributed by atoms with Gasteiger partial charge >= 0.3 is 0 Å². The number of rotatable bonds is 4. The van der Waals surface area contributed by atoms with Crippen LogP contribution in [0.2, 0.25) is 0 Å². The number of hydrogen-bond donors (Lipinski definition) is 1. The SMILES string of the molecule is ClC(CNc1ccc2nccnc2n1)c1ccccc1. The van der Waals surface area contributed by atoms with Crippen LogP contribution in [0.1, 0.15) is 10.9 Å². The van der Waals surface area contributed by atoms with Crippen LogP contribution in [-0.4, -0.2) is 21.5 Å². The second kappa shape index (κ2) is 5.84. The van der Waals surface area contributed by atoms with Crippen LogP contribution in [0, 0.1) is 0 Å². The number of nitrogens with zero attached hydrogens (tertiary/aromatic N) is 3. The molecule has 3 rings (SSSR count). The van der Waals surface area contributed by atoms with Gasteiger partial charge in [-0.05, 0) is 17.7 Å². The van der Waals surface area contributed by atoms with Gasteiger partial charge in [-0.25, -0.2) is 9.97 Å². The average Bonchev–Trinajstić information content (AvgIpc) is 2.53. The van der Waals surface area contributed by atoms with Crippen LogP contribution in [-0.2, 0) is 0 Å². The highest BCUT2D eigenvalue weighted by molar-refractivity contribution is 6.21. The van der Waals surface area contributed by atoms with Crippen LogP contribution >= 0.6 is 11.6 Å². The van der Waals surface area contributed by atoms with Crippen molar-refractivity contribution in [1.29, 1.82) is 0 Å². The van der Waals surface area contributed by atoms with Crippen LogP contribution in [0.5, 0.6) is 0 Å². The van der Waals surface area contributed by atoms with Gasteiger partial charge in [-0.2, -0.15) is 0 Å². The van der Waals surface area contributed by atoms with E-state index in [-0.39, 0.29) is 5.38 Å². The molecule has 2 heterocycles. The monoisotopic (exact) mass is 284 g/mol. The molecule has 0 aliphatic carbocycles. The summed E-state index contributed by atoms with van der Waals surface area (Å²) in [5, 5.41) is 3.12. The van der Waals surface area contributed by atoms with E-state index < -0.39 is 0 Å². The second-order valence-electron chi connectivity index (χ2n) is 4.35. The van der Waals surface area contributed by atoms with E-state index in [0.717, 1.165) is 16.9 Å². The number of aromatic nitrogens is 3. The van der Waals surface area contributed by atoms with Crippen molar-refractivity contribution in [3.8, 4) is 0 Å². The highest BCUT2D eigenvalue weighted by atomic mass is 35.5. The Bertz CT molecular complexity index is 702. The standard InChI is InChI=1S/C15H13ClN4/c16-12(11-4-2-1-3-5-11)10-19-14-7-6-13-15(20-14)18-9-8-17-13/h1-9,12H,10H2,(H,18,19,20). The Balaban J connectivity index is 1.70. The zero-order valence-electron chi connectivity index (χ0n) is 10.7. The molecule has 100 valence electrons. The van der Waals surface area contributed by atoms with Gasteiger partial charge < -0.3 is 5.32 Å². The van der Waals surface area contributed by atoms with Crippen LogP contribution in [0.4, 0.5) is 5.82 Å². The van der Waals surface area contributed by atoms with Gasteiger partial charge in [-0.1, -0.05) is 30.3 Å². The van der Waals surface area contributed by atoms with E-state index >= 15 is 0 Å². The van der Waals surface area contributed by atoms with Crippen LogP contribution in [0.25, 0.3) is 11.2 Å². The lowest BCUT2D eigenvalue weighted by atomic mass is 10.1. The first kappa shape index (κ1) is 12.8. The molecule has 3 aromatic rings. The quantitative estimate of drug-likeness (QED) is 0.746. The molecule has 0 fully saturated rings. The van der Waals surface area contributed by atoms with Gasteiger partial charge in [0.05, 0.1) is 5.38 Å². The van der Waals surface area contributed by atoms with Crippen molar-refractivity contribution in [2.24, 2.45) is 0 Å². The molecule has 1 atom stereocenters. The molecule has 0 saturated carbocycles. The number of nitrogens with one attached hydrogen (secondary N) is 1. The van der Waals surface area contributed by atoms with Crippen LogP contribution < -0.4 is 5.32 Å². The number of fused-ring (bicyclic) bond motifs is 1. The summed E-state index contributed by atoms with van der Waals surface area (Å²) in [6, 6.07) is 13.7. The molecule has 1 unspecified atom stereocenters. The van der Waals surface area contributed by atoms with Gasteiger partial charge in [0.15, 0.2) is 5.65 Å². The summed E-state index contributed by atoms with van der Waals surface area (Å²) in [5.74, 6) is 0.750. The molecule has 0 spiro atoms. The minimum Gasteiger partial charge on any atom is -0.368 e. The molecule has 1 aromatic carbocycles. The smallest absolute Gasteiger partial charge is 0.180 e. The van der Waals surface area contributed by atoms with Crippen molar-refractivity contribution in [3.05, 3.63) is 60.4 Å². The molecule has 5 heteroatoms. The Morgan fingerprint density at radius 2 is 1.80 bits per heavy atom. The normalized spacial score (nSPS) is 12.2. The lowest BCUT2D eigenvalue weighted by Crippen LogP contribution is -2.09. The van der Waals surface area contributed by atoms with Gasteiger partial charge in [0.1, 0.15) is 11.3 Å². The maximum absolute atomic E-state index is 6.36. The van der Waals surface area contributed by atoms with E-state index in [1.165, 1.54) is 0 Å². The molecular weight excluding hydrogens is 272 g/mol. The average molecular weight is 285 g/mol. The minimum absolute atomic E-state index is 0.101. The highest BCUT2D eigenvalue weighted by Gasteiger charge is 2.07. The molecule has 0 radical (unpaired) electrons. The largest absolute Gasteiger partial charge is 0.368 e. The number of halogens is 1. The Hall–Kier alpha value is -2.20. The summed E-state index contributed by atoms with van der Waals surface area (Å²) >= 11 is 6.36. The zero-order valence-corrected chi connectivity index (χ0v) is 11.5. The van der Waals surface area contributed by atoms with Crippen molar-refractivity contribution < 1.29 is 0 Å². The molecule has 0 aliphatic rings. The van der Waals surface area contributed by atoms with E-state index in [2.05, 4.69) is 20.3 Å². The molecule has 20 heavy (non-hydrogen) atoms. The first-order valence-corrected chi connectivity index (χ1v) is 6.77. The van der Waals surface area contributed by atoms with Gasteiger partial charge in [0, 0.05) is 18.9 Å². The van der Waals surface area contributed by atoms with Crippen molar-refractivity contribution in [2.45, 2.75) is 5.38 Å². The van der Waals surface area contributed by atoms with Crippen molar-refractivity contribution in [2.75, 3.05) is 11.9 Å². The molecule has 2 aromatic heterocycles. The second-order valence-corrected chi connectivity index (χ2v) is 4.88. The Morgan fingerprint density at radius 1 is 1.00 bits per heavy atom. The number of hydrogen-bond acceptors (Lipinski definition) is 4. The summed E-state index contributed by atoms with van der Waals surface area (Å²) in [4.78, 5) is 12.8. The van der Waals surface area contributed by atoms with Gasteiger partial charge in [-0.15, -0.1) is 11.6 Å². The van der Waals surface area contributed by atoms with Gasteiger partial charge in [0.25, 0.3) is 0 Å². The molecule has 0 saturated heterocycles. The summed E-state index contributed by atoms with van der Waals surface area (Å²) in [7, 11) is 0. The maximum atomic E-state index is 6.36.